The summed E-state index contributed by atoms with van der Waals surface area (Å²) in [4.78, 5) is 30.7. The van der Waals surface area contributed by atoms with Crippen molar-refractivity contribution in [2.45, 2.75) is 12.1 Å². The molecule has 5 rings (SSSR count). The predicted octanol–water partition coefficient (Wildman–Crippen LogP) is 4.20. The summed E-state index contributed by atoms with van der Waals surface area (Å²) in [6, 6.07) is 20.2. The van der Waals surface area contributed by atoms with Crippen LogP contribution in [0.4, 0.5) is 5.69 Å². The smallest absolute Gasteiger partial charge is 0.266 e. The van der Waals surface area contributed by atoms with Gasteiger partial charge in [-0.15, -0.1) is 0 Å². The third-order valence-corrected chi connectivity index (χ3v) is 6.10. The van der Waals surface area contributed by atoms with Crippen molar-refractivity contribution < 1.29 is 14.3 Å². The van der Waals surface area contributed by atoms with Crippen molar-refractivity contribution in [3.63, 3.8) is 0 Å². The topological polar surface area (TPSA) is 82.5 Å². The first-order chi connectivity index (χ1) is 16.1. The van der Waals surface area contributed by atoms with Crippen LogP contribution in [0, 0.1) is 6.92 Å². The van der Waals surface area contributed by atoms with Crippen LogP contribution >= 0.6 is 11.8 Å². The van der Waals surface area contributed by atoms with Crippen LogP contribution in [0.25, 0.3) is 16.6 Å². The molecule has 1 aliphatic rings. The third-order valence-electron chi connectivity index (χ3n) is 5.16. The maximum Gasteiger partial charge on any atom is 0.266 e. The summed E-state index contributed by atoms with van der Waals surface area (Å²) < 4.78 is 12.7. The number of ether oxygens (including phenoxy) is 2. The van der Waals surface area contributed by atoms with Crippen molar-refractivity contribution in [2.24, 2.45) is 0 Å². The van der Waals surface area contributed by atoms with Crippen molar-refractivity contribution >= 4 is 34.3 Å². The molecular formula is C25H21N3O4S. The van der Waals surface area contributed by atoms with Crippen molar-refractivity contribution in [1.29, 1.82) is 0 Å². The van der Waals surface area contributed by atoms with Crippen LogP contribution in [0.3, 0.4) is 0 Å². The monoisotopic (exact) mass is 459 g/mol. The van der Waals surface area contributed by atoms with Crippen LogP contribution in [0.15, 0.2) is 76.7 Å². The molecule has 2 heterocycles. The number of nitrogens with one attached hydrogen (secondary N) is 1. The summed E-state index contributed by atoms with van der Waals surface area (Å²) in [5, 5.41) is 3.86. The molecule has 166 valence electrons. The number of carbonyl (C=O) groups is 1. The Morgan fingerprint density at radius 2 is 1.85 bits per heavy atom. The average molecular weight is 460 g/mol. The van der Waals surface area contributed by atoms with Gasteiger partial charge in [-0.1, -0.05) is 36.0 Å². The molecule has 4 aromatic rings. The molecular weight excluding hydrogens is 438 g/mol. The molecule has 0 fully saturated rings. The molecule has 33 heavy (non-hydrogen) atoms. The highest BCUT2D eigenvalue weighted by Crippen LogP contribution is 2.32. The fourth-order valence-electron chi connectivity index (χ4n) is 3.65. The van der Waals surface area contributed by atoms with E-state index in [0.29, 0.717) is 52.1 Å². The van der Waals surface area contributed by atoms with Gasteiger partial charge in [0.05, 0.1) is 22.3 Å². The van der Waals surface area contributed by atoms with Gasteiger partial charge < -0.3 is 14.8 Å². The summed E-state index contributed by atoms with van der Waals surface area (Å²) in [5.74, 6) is 1.15. The molecule has 0 aliphatic carbocycles. The number of hydrogen-bond acceptors (Lipinski definition) is 6. The first kappa shape index (κ1) is 21.1. The molecule has 0 bridgehead atoms. The first-order valence-corrected chi connectivity index (χ1v) is 11.5. The zero-order valence-electron chi connectivity index (χ0n) is 17.9. The highest BCUT2D eigenvalue weighted by atomic mass is 32.2. The van der Waals surface area contributed by atoms with Crippen molar-refractivity contribution in [3.05, 3.63) is 82.6 Å². The van der Waals surface area contributed by atoms with E-state index in [1.165, 1.54) is 11.8 Å². The molecule has 1 amide bonds. The van der Waals surface area contributed by atoms with Crippen LogP contribution in [0.2, 0.25) is 0 Å². The lowest BCUT2D eigenvalue weighted by Crippen LogP contribution is -2.23. The second-order valence-electron chi connectivity index (χ2n) is 7.59. The average Bonchev–Trinajstić information content (AvgIpc) is 2.83. The predicted molar refractivity (Wildman–Crippen MR) is 129 cm³/mol. The number of carbonyl (C=O) groups excluding carboxylic acids is 1. The molecule has 0 spiro atoms. The molecule has 7 nitrogen and oxygen atoms in total. The van der Waals surface area contributed by atoms with E-state index in [1.807, 2.05) is 43.3 Å². The number of amides is 1. The molecule has 0 saturated carbocycles. The van der Waals surface area contributed by atoms with E-state index in [-0.39, 0.29) is 17.2 Å². The summed E-state index contributed by atoms with van der Waals surface area (Å²) >= 11 is 1.22. The van der Waals surface area contributed by atoms with Gasteiger partial charge in [0.25, 0.3) is 5.56 Å². The van der Waals surface area contributed by atoms with E-state index in [9.17, 15) is 9.59 Å². The highest BCUT2D eigenvalue weighted by molar-refractivity contribution is 7.99. The maximum absolute atomic E-state index is 13.3. The SMILES string of the molecule is Cc1cccc(-n2c(SCC(=O)Nc3ccc4c(c3)OCCO4)nc3ccccc3c2=O)c1. The van der Waals surface area contributed by atoms with Crippen molar-refractivity contribution in [1.82, 2.24) is 9.55 Å². The number of para-hydroxylation sites is 1. The Hall–Kier alpha value is -3.78. The standard InChI is InChI=1S/C25H21N3O4S/c1-16-5-4-6-18(13-16)28-24(30)19-7-2-3-8-20(19)27-25(28)33-15-23(29)26-17-9-10-21-22(14-17)32-12-11-31-21/h2-10,13-14H,11-12,15H2,1H3,(H,26,29). The quantitative estimate of drug-likeness (QED) is 0.356. The Kier molecular flexibility index (Phi) is 5.75. The van der Waals surface area contributed by atoms with Crippen LogP contribution in [-0.4, -0.2) is 34.4 Å². The summed E-state index contributed by atoms with van der Waals surface area (Å²) in [6.07, 6.45) is 0. The van der Waals surface area contributed by atoms with Gasteiger partial charge in [-0.05, 0) is 48.9 Å². The number of fused-ring (bicyclic) bond motifs is 2. The Morgan fingerprint density at radius 3 is 2.70 bits per heavy atom. The van der Waals surface area contributed by atoms with E-state index < -0.39 is 0 Å². The van der Waals surface area contributed by atoms with Gasteiger partial charge in [-0.3, -0.25) is 14.2 Å². The minimum absolute atomic E-state index is 0.0883. The van der Waals surface area contributed by atoms with Gasteiger partial charge in [-0.25, -0.2) is 4.98 Å². The fraction of sp³-hybridized carbons (Fsp3) is 0.160. The van der Waals surface area contributed by atoms with Gasteiger partial charge in [0, 0.05) is 11.8 Å². The number of hydrogen-bond donors (Lipinski definition) is 1. The van der Waals surface area contributed by atoms with E-state index >= 15 is 0 Å². The Morgan fingerprint density at radius 1 is 1.03 bits per heavy atom. The molecule has 3 aromatic carbocycles. The number of aromatic nitrogens is 2. The zero-order chi connectivity index (χ0) is 22.8. The normalized spacial score (nSPS) is 12.5. The Balaban J connectivity index is 1.42. The van der Waals surface area contributed by atoms with E-state index in [1.54, 1.807) is 34.9 Å². The largest absolute Gasteiger partial charge is 0.486 e. The first-order valence-electron chi connectivity index (χ1n) is 10.5. The van der Waals surface area contributed by atoms with Crippen LogP contribution in [0.1, 0.15) is 5.56 Å². The van der Waals surface area contributed by atoms with Crippen LogP contribution in [0.5, 0.6) is 11.5 Å². The fourth-order valence-corrected chi connectivity index (χ4v) is 4.46. The van der Waals surface area contributed by atoms with E-state index in [2.05, 4.69) is 10.3 Å². The zero-order valence-corrected chi connectivity index (χ0v) is 18.7. The molecule has 1 N–H and O–H groups in total. The van der Waals surface area contributed by atoms with E-state index in [4.69, 9.17) is 9.47 Å². The maximum atomic E-state index is 13.3. The third kappa shape index (κ3) is 4.42. The number of thioether (sulfide) groups is 1. The molecule has 1 aliphatic heterocycles. The van der Waals surface area contributed by atoms with Crippen molar-refractivity contribution in [3.8, 4) is 17.2 Å². The Labute approximate surface area is 194 Å². The molecule has 0 saturated heterocycles. The molecule has 0 unspecified atom stereocenters. The van der Waals surface area contributed by atoms with E-state index in [0.717, 1.165) is 5.56 Å². The lowest BCUT2D eigenvalue weighted by atomic mass is 10.2. The molecule has 1 aromatic heterocycles. The summed E-state index contributed by atoms with van der Waals surface area (Å²) in [5.41, 5.74) is 2.79. The van der Waals surface area contributed by atoms with Crippen LogP contribution in [-0.2, 0) is 4.79 Å². The molecule has 0 atom stereocenters. The minimum Gasteiger partial charge on any atom is -0.486 e. The number of anilines is 1. The van der Waals surface area contributed by atoms with Gasteiger partial charge in [0.2, 0.25) is 5.91 Å². The highest BCUT2D eigenvalue weighted by Gasteiger charge is 2.16. The number of rotatable bonds is 5. The lowest BCUT2D eigenvalue weighted by Gasteiger charge is -2.19. The van der Waals surface area contributed by atoms with Gasteiger partial charge in [0.15, 0.2) is 16.7 Å². The number of nitrogens with zero attached hydrogens (tertiary/aromatic N) is 2. The molecule has 0 radical (unpaired) electrons. The second-order valence-corrected chi connectivity index (χ2v) is 8.53. The van der Waals surface area contributed by atoms with Gasteiger partial charge in [0.1, 0.15) is 13.2 Å². The lowest BCUT2D eigenvalue weighted by molar-refractivity contribution is -0.113. The second kappa shape index (κ2) is 8.99. The number of benzene rings is 3. The minimum atomic E-state index is -0.213. The van der Waals surface area contributed by atoms with Crippen molar-refractivity contribution in [2.75, 3.05) is 24.3 Å². The van der Waals surface area contributed by atoms with Gasteiger partial charge in [-0.2, -0.15) is 0 Å². The van der Waals surface area contributed by atoms with Gasteiger partial charge >= 0.3 is 0 Å². The number of aryl methyl sites for hydroxylation is 1. The molecule has 8 heteroatoms. The van der Waals surface area contributed by atoms with Crippen LogP contribution < -0.4 is 20.3 Å². The summed E-state index contributed by atoms with van der Waals surface area (Å²) in [7, 11) is 0. The summed E-state index contributed by atoms with van der Waals surface area (Å²) in [6.45, 7) is 2.96. The Bertz CT molecular complexity index is 1420.